The van der Waals surface area contributed by atoms with E-state index >= 15 is 0 Å². The van der Waals surface area contributed by atoms with Crippen LogP contribution < -0.4 is 5.32 Å². The normalized spacial score (nSPS) is 11.9. The molecular weight excluding hydrogens is 350 g/mol. The summed E-state index contributed by atoms with van der Waals surface area (Å²) in [6.45, 7) is 1.99. The molecule has 0 aliphatic rings. The quantitative estimate of drug-likeness (QED) is 0.691. The van der Waals surface area contributed by atoms with Gasteiger partial charge in [-0.25, -0.2) is 14.4 Å². The van der Waals surface area contributed by atoms with Gasteiger partial charge in [-0.15, -0.1) is 0 Å². The van der Waals surface area contributed by atoms with Crippen molar-refractivity contribution in [1.29, 1.82) is 0 Å². The zero-order chi connectivity index (χ0) is 18.9. The Balaban J connectivity index is 1.91. The number of fused-ring (bicyclic) bond motifs is 1. The zero-order valence-electron chi connectivity index (χ0n) is 14.2. The predicted octanol–water partition coefficient (Wildman–Crippen LogP) is 4.09. The van der Waals surface area contributed by atoms with Crippen LogP contribution in [0.25, 0.3) is 11.0 Å². The van der Waals surface area contributed by atoms with E-state index in [2.05, 4.69) is 20.4 Å². The number of benzene rings is 1. The standard InChI is InChI=1S/C17H17F4N5/c1-3-4-14-24-15(13-9-23-26(2)16(13)25-14)22-8-10-5-11(17(19,20)21)7-12(18)6-10/h5-7,9H,3-4,8H2,1-2H3,(H,22,24,25). The van der Waals surface area contributed by atoms with Crippen LogP contribution in [-0.2, 0) is 26.2 Å². The molecule has 9 heteroatoms. The first kappa shape index (κ1) is 18.1. The number of nitrogens with one attached hydrogen (secondary N) is 1. The van der Waals surface area contributed by atoms with Gasteiger partial charge in [-0.2, -0.15) is 18.3 Å². The Kier molecular flexibility index (Phi) is 4.80. The number of nitrogens with zero attached hydrogens (tertiary/aromatic N) is 4. The number of hydrogen-bond acceptors (Lipinski definition) is 4. The molecule has 3 aromatic rings. The first-order valence-electron chi connectivity index (χ1n) is 8.07. The second kappa shape index (κ2) is 6.89. The van der Waals surface area contributed by atoms with Crippen LogP contribution in [-0.4, -0.2) is 19.7 Å². The van der Waals surface area contributed by atoms with Gasteiger partial charge in [0.1, 0.15) is 17.5 Å². The summed E-state index contributed by atoms with van der Waals surface area (Å²) in [7, 11) is 1.75. The van der Waals surface area contributed by atoms with Gasteiger partial charge in [0.25, 0.3) is 0 Å². The molecule has 26 heavy (non-hydrogen) atoms. The lowest BCUT2D eigenvalue weighted by atomic mass is 10.1. The molecule has 0 saturated heterocycles. The first-order chi connectivity index (χ1) is 12.3. The van der Waals surface area contributed by atoms with Crippen molar-refractivity contribution in [2.24, 2.45) is 7.05 Å². The van der Waals surface area contributed by atoms with E-state index in [-0.39, 0.29) is 12.1 Å². The van der Waals surface area contributed by atoms with E-state index in [1.807, 2.05) is 6.92 Å². The maximum atomic E-state index is 13.5. The van der Waals surface area contributed by atoms with E-state index in [1.165, 1.54) is 0 Å². The number of alkyl halides is 3. The molecule has 0 atom stereocenters. The molecule has 5 nitrogen and oxygen atoms in total. The van der Waals surface area contributed by atoms with Gasteiger partial charge in [0.15, 0.2) is 5.65 Å². The second-order valence-corrected chi connectivity index (χ2v) is 5.94. The van der Waals surface area contributed by atoms with Gasteiger partial charge in [-0.3, -0.25) is 4.68 Å². The van der Waals surface area contributed by atoms with E-state index in [1.54, 1.807) is 17.9 Å². The average Bonchev–Trinajstić information content (AvgIpc) is 2.93. The van der Waals surface area contributed by atoms with E-state index in [4.69, 9.17) is 0 Å². The average molecular weight is 367 g/mol. The number of rotatable bonds is 5. The topological polar surface area (TPSA) is 55.6 Å². The predicted molar refractivity (Wildman–Crippen MR) is 89.0 cm³/mol. The molecule has 2 heterocycles. The molecule has 1 aromatic carbocycles. The lowest BCUT2D eigenvalue weighted by Gasteiger charge is -2.12. The van der Waals surface area contributed by atoms with E-state index < -0.39 is 17.6 Å². The number of anilines is 1. The van der Waals surface area contributed by atoms with Crippen molar-refractivity contribution >= 4 is 16.9 Å². The molecule has 0 fully saturated rings. The molecule has 0 unspecified atom stereocenters. The lowest BCUT2D eigenvalue weighted by Crippen LogP contribution is -2.09. The Morgan fingerprint density at radius 1 is 1.15 bits per heavy atom. The highest BCUT2D eigenvalue weighted by Gasteiger charge is 2.31. The summed E-state index contributed by atoms with van der Waals surface area (Å²) in [5.41, 5.74) is -0.221. The molecule has 0 aliphatic carbocycles. The minimum Gasteiger partial charge on any atom is -0.365 e. The third kappa shape index (κ3) is 3.76. The molecule has 2 aromatic heterocycles. The molecule has 0 spiro atoms. The van der Waals surface area contributed by atoms with Gasteiger partial charge in [-0.1, -0.05) is 6.92 Å². The van der Waals surface area contributed by atoms with Crippen molar-refractivity contribution in [1.82, 2.24) is 19.7 Å². The fourth-order valence-corrected chi connectivity index (χ4v) is 2.64. The van der Waals surface area contributed by atoms with Crippen LogP contribution in [0.5, 0.6) is 0 Å². The highest BCUT2D eigenvalue weighted by molar-refractivity contribution is 5.86. The van der Waals surface area contributed by atoms with Gasteiger partial charge >= 0.3 is 6.18 Å². The number of aromatic nitrogens is 4. The van der Waals surface area contributed by atoms with Gasteiger partial charge in [-0.05, 0) is 30.2 Å². The van der Waals surface area contributed by atoms with Gasteiger partial charge in [0.05, 0.1) is 17.1 Å². The Bertz CT molecular complexity index is 933. The van der Waals surface area contributed by atoms with E-state index in [0.717, 1.165) is 18.6 Å². The fourth-order valence-electron chi connectivity index (χ4n) is 2.64. The fraction of sp³-hybridized carbons (Fsp3) is 0.353. The highest BCUT2D eigenvalue weighted by Crippen LogP contribution is 2.30. The van der Waals surface area contributed by atoms with Crippen LogP contribution in [0.4, 0.5) is 23.4 Å². The number of aryl methyl sites for hydroxylation is 2. The molecule has 138 valence electrons. The van der Waals surface area contributed by atoms with Crippen LogP contribution in [0.3, 0.4) is 0 Å². The third-order valence-electron chi connectivity index (χ3n) is 3.86. The summed E-state index contributed by atoms with van der Waals surface area (Å²) >= 11 is 0. The van der Waals surface area contributed by atoms with Gasteiger partial charge in [0.2, 0.25) is 0 Å². The smallest absolute Gasteiger partial charge is 0.365 e. The summed E-state index contributed by atoms with van der Waals surface area (Å²) in [6, 6.07) is 2.47. The molecule has 1 N–H and O–H groups in total. The van der Waals surface area contributed by atoms with Gasteiger partial charge in [0, 0.05) is 20.0 Å². The lowest BCUT2D eigenvalue weighted by molar-refractivity contribution is -0.137. The molecule has 3 rings (SSSR count). The van der Waals surface area contributed by atoms with Crippen molar-refractivity contribution in [2.45, 2.75) is 32.5 Å². The van der Waals surface area contributed by atoms with Crippen molar-refractivity contribution in [3.63, 3.8) is 0 Å². The molecule has 0 bridgehead atoms. The van der Waals surface area contributed by atoms with Crippen molar-refractivity contribution in [3.8, 4) is 0 Å². The third-order valence-corrected chi connectivity index (χ3v) is 3.86. The van der Waals surface area contributed by atoms with E-state index in [0.29, 0.717) is 35.2 Å². The van der Waals surface area contributed by atoms with Crippen molar-refractivity contribution < 1.29 is 17.6 Å². The van der Waals surface area contributed by atoms with Crippen LogP contribution in [0.2, 0.25) is 0 Å². The Labute approximate surface area is 147 Å². The monoisotopic (exact) mass is 367 g/mol. The summed E-state index contributed by atoms with van der Waals surface area (Å²) in [5.74, 6) is 0.142. The molecule has 0 aliphatic heterocycles. The first-order valence-corrected chi connectivity index (χ1v) is 8.07. The summed E-state index contributed by atoms with van der Waals surface area (Å²) in [4.78, 5) is 8.86. The summed E-state index contributed by atoms with van der Waals surface area (Å²) < 4.78 is 53.7. The van der Waals surface area contributed by atoms with Crippen LogP contribution in [0.15, 0.2) is 24.4 Å². The zero-order valence-corrected chi connectivity index (χ0v) is 14.2. The van der Waals surface area contributed by atoms with Gasteiger partial charge < -0.3 is 5.32 Å². The molecular formula is C17H17F4N5. The minimum atomic E-state index is -4.60. The van der Waals surface area contributed by atoms with Crippen molar-refractivity contribution in [2.75, 3.05) is 5.32 Å². The Morgan fingerprint density at radius 2 is 1.92 bits per heavy atom. The molecule has 0 radical (unpaired) electrons. The maximum Gasteiger partial charge on any atom is 0.416 e. The minimum absolute atomic E-state index is 0.00654. The Hall–Kier alpha value is -2.71. The SMILES string of the molecule is CCCc1nc(NCc2cc(F)cc(C(F)(F)F)c2)c2cnn(C)c2n1. The van der Waals surface area contributed by atoms with Crippen LogP contribution >= 0.6 is 0 Å². The Morgan fingerprint density at radius 3 is 2.62 bits per heavy atom. The summed E-state index contributed by atoms with van der Waals surface area (Å²) in [6.07, 6.45) is -1.51. The highest BCUT2D eigenvalue weighted by atomic mass is 19.4. The number of hydrogen-bond donors (Lipinski definition) is 1. The summed E-state index contributed by atoms with van der Waals surface area (Å²) in [5, 5.41) is 7.77. The largest absolute Gasteiger partial charge is 0.416 e. The van der Waals surface area contributed by atoms with E-state index in [9.17, 15) is 17.6 Å². The number of halogens is 4. The second-order valence-electron chi connectivity index (χ2n) is 5.94. The molecule has 0 saturated carbocycles. The maximum absolute atomic E-state index is 13.5. The van der Waals surface area contributed by atoms with Crippen LogP contribution in [0.1, 0.15) is 30.3 Å². The van der Waals surface area contributed by atoms with Crippen molar-refractivity contribution in [3.05, 3.63) is 47.2 Å². The van der Waals surface area contributed by atoms with Crippen LogP contribution in [0, 0.1) is 5.82 Å². The molecule has 0 amide bonds.